The molecule has 1 atom stereocenters. The van der Waals surface area contributed by atoms with E-state index in [1.165, 1.54) is 6.07 Å². The molecule has 1 aliphatic heterocycles. The minimum absolute atomic E-state index is 0.140. The number of aliphatic imine (C=N–C) groups is 1. The molecular formula is C15H21BrFN3O. The van der Waals surface area contributed by atoms with Gasteiger partial charge in [0.25, 0.3) is 0 Å². The van der Waals surface area contributed by atoms with Crippen LogP contribution in [0.4, 0.5) is 4.39 Å². The topological polar surface area (TPSA) is 45.7 Å². The average molecular weight is 358 g/mol. The third-order valence-electron chi connectivity index (χ3n) is 3.61. The second-order valence-corrected chi connectivity index (χ2v) is 6.33. The van der Waals surface area contributed by atoms with Gasteiger partial charge >= 0.3 is 0 Å². The Kier molecular flexibility index (Phi) is 5.58. The molecule has 1 saturated heterocycles. The summed E-state index contributed by atoms with van der Waals surface area (Å²) in [5.74, 6) is 0.415. The summed E-state index contributed by atoms with van der Waals surface area (Å²) in [6.07, 6.45) is 2.13. The zero-order valence-corrected chi connectivity index (χ0v) is 14.0. The Morgan fingerprint density at radius 1 is 1.48 bits per heavy atom. The molecule has 2 rings (SSSR count). The van der Waals surface area contributed by atoms with E-state index in [9.17, 15) is 4.39 Å². The van der Waals surface area contributed by atoms with E-state index in [-0.39, 0.29) is 11.4 Å². The highest BCUT2D eigenvalue weighted by atomic mass is 79.9. The van der Waals surface area contributed by atoms with Gasteiger partial charge in [-0.15, -0.1) is 0 Å². The smallest absolute Gasteiger partial charge is 0.191 e. The maximum absolute atomic E-state index is 13.7. The van der Waals surface area contributed by atoms with Crippen molar-refractivity contribution in [3.63, 3.8) is 0 Å². The summed E-state index contributed by atoms with van der Waals surface area (Å²) >= 11 is 3.35. The van der Waals surface area contributed by atoms with Crippen molar-refractivity contribution in [1.29, 1.82) is 0 Å². The molecule has 0 spiro atoms. The van der Waals surface area contributed by atoms with E-state index >= 15 is 0 Å². The van der Waals surface area contributed by atoms with Gasteiger partial charge < -0.3 is 15.4 Å². The minimum atomic E-state index is -0.229. The van der Waals surface area contributed by atoms with Gasteiger partial charge in [0.2, 0.25) is 0 Å². The van der Waals surface area contributed by atoms with Crippen LogP contribution in [-0.2, 0) is 11.3 Å². The summed E-state index contributed by atoms with van der Waals surface area (Å²) in [6, 6.07) is 4.89. The molecule has 0 amide bonds. The Morgan fingerprint density at radius 2 is 2.29 bits per heavy atom. The fraction of sp³-hybridized carbons (Fsp3) is 0.533. The van der Waals surface area contributed by atoms with Crippen LogP contribution >= 0.6 is 15.9 Å². The number of nitrogens with one attached hydrogen (secondary N) is 2. The molecule has 0 radical (unpaired) electrons. The van der Waals surface area contributed by atoms with Gasteiger partial charge in [-0.25, -0.2) is 4.39 Å². The number of hydrogen-bond donors (Lipinski definition) is 2. The molecule has 21 heavy (non-hydrogen) atoms. The molecule has 1 fully saturated rings. The lowest BCUT2D eigenvalue weighted by molar-refractivity contribution is 0.0243. The van der Waals surface area contributed by atoms with Crippen LogP contribution in [0.3, 0.4) is 0 Å². The Bertz CT molecular complexity index is 516. The van der Waals surface area contributed by atoms with Crippen molar-refractivity contribution in [1.82, 2.24) is 10.6 Å². The third-order valence-corrected chi connectivity index (χ3v) is 4.10. The zero-order chi connectivity index (χ0) is 15.3. The number of rotatable bonds is 4. The molecule has 0 aromatic heterocycles. The maximum atomic E-state index is 13.7. The van der Waals surface area contributed by atoms with E-state index in [1.807, 2.05) is 0 Å². The van der Waals surface area contributed by atoms with Crippen LogP contribution in [0, 0.1) is 5.82 Å². The molecule has 2 N–H and O–H groups in total. The van der Waals surface area contributed by atoms with E-state index < -0.39 is 0 Å². The van der Waals surface area contributed by atoms with E-state index in [0.717, 1.165) is 23.9 Å². The number of ether oxygens (including phenoxy) is 1. The Labute approximate surface area is 133 Å². The summed E-state index contributed by atoms with van der Waals surface area (Å²) in [6.45, 7) is 3.97. The van der Waals surface area contributed by atoms with Gasteiger partial charge in [0.15, 0.2) is 5.96 Å². The van der Waals surface area contributed by atoms with Crippen LogP contribution < -0.4 is 10.6 Å². The first-order chi connectivity index (χ1) is 10.0. The molecule has 4 nitrogen and oxygen atoms in total. The maximum Gasteiger partial charge on any atom is 0.191 e. The summed E-state index contributed by atoms with van der Waals surface area (Å²) in [4.78, 5) is 4.15. The van der Waals surface area contributed by atoms with Crippen LogP contribution in [0.15, 0.2) is 27.7 Å². The zero-order valence-electron chi connectivity index (χ0n) is 12.4. The minimum Gasteiger partial charge on any atom is -0.373 e. The molecule has 0 bridgehead atoms. The highest BCUT2D eigenvalue weighted by Crippen LogP contribution is 2.23. The lowest BCUT2D eigenvalue weighted by Crippen LogP contribution is -2.45. The third kappa shape index (κ3) is 4.68. The lowest BCUT2D eigenvalue weighted by atomic mass is 10.0. The lowest BCUT2D eigenvalue weighted by Gasteiger charge is -2.24. The monoisotopic (exact) mass is 357 g/mol. The molecule has 1 heterocycles. The summed E-state index contributed by atoms with van der Waals surface area (Å²) in [5.41, 5.74) is 0.453. The number of hydrogen-bond acceptors (Lipinski definition) is 2. The first-order valence-corrected chi connectivity index (χ1v) is 7.84. The average Bonchev–Trinajstić information content (AvgIpc) is 2.90. The predicted octanol–water partition coefficient (Wildman–Crippen LogP) is 2.82. The van der Waals surface area contributed by atoms with Gasteiger partial charge in [-0.05, 0) is 38.0 Å². The standard InChI is InChI=1S/C15H21BrFN3O/c1-15(6-3-7-21-15)10-20-14(18-2)19-9-11-8-12(16)4-5-13(11)17/h4-5,8H,3,6-7,9-10H2,1-2H3,(H2,18,19,20). The van der Waals surface area contributed by atoms with Crippen molar-refractivity contribution < 1.29 is 9.13 Å². The quantitative estimate of drug-likeness (QED) is 0.643. The first-order valence-electron chi connectivity index (χ1n) is 7.05. The number of benzene rings is 1. The van der Waals surface area contributed by atoms with Gasteiger partial charge in [0.05, 0.1) is 5.60 Å². The molecule has 116 valence electrons. The highest BCUT2D eigenvalue weighted by molar-refractivity contribution is 9.10. The van der Waals surface area contributed by atoms with Crippen molar-refractivity contribution in [3.8, 4) is 0 Å². The first kappa shape index (κ1) is 16.2. The van der Waals surface area contributed by atoms with Crippen molar-refractivity contribution in [2.45, 2.75) is 31.9 Å². The van der Waals surface area contributed by atoms with Gasteiger partial charge in [-0.2, -0.15) is 0 Å². The molecule has 1 aromatic rings. The second-order valence-electron chi connectivity index (χ2n) is 5.42. The Balaban J connectivity index is 1.86. The van der Waals surface area contributed by atoms with Crippen molar-refractivity contribution >= 4 is 21.9 Å². The SMILES string of the molecule is CN=C(NCc1cc(Br)ccc1F)NCC1(C)CCCO1. The van der Waals surface area contributed by atoms with Crippen LogP contribution in [0.1, 0.15) is 25.3 Å². The van der Waals surface area contributed by atoms with Crippen LogP contribution in [0.2, 0.25) is 0 Å². The summed E-state index contributed by atoms with van der Waals surface area (Å²) < 4.78 is 20.3. The fourth-order valence-electron chi connectivity index (χ4n) is 2.33. The van der Waals surface area contributed by atoms with E-state index in [1.54, 1.807) is 19.2 Å². The van der Waals surface area contributed by atoms with Crippen LogP contribution in [-0.4, -0.2) is 31.8 Å². The van der Waals surface area contributed by atoms with Gasteiger partial charge in [-0.3, -0.25) is 4.99 Å². The Morgan fingerprint density at radius 3 is 2.95 bits per heavy atom. The van der Waals surface area contributed by atoms with Gasteiger partial charge in [-0.1, -0.05) is 15.9 Å². The number of guanidine groups is 1. The number of nitrogens with zero attached hydrogens (tertiary/aromatic N) is 1. The largest absolute Gasteiger partial charge is 0.373 e. The van der Waals surface area contributed by atoms with Gasteiger partial charge in [0, 0.05) is 36.8 Å². The van der Waals surface area contributed by atoms with E-state index in [4.69, 9.17) is 4.74 Å². The molecule has 1 unspecified atom stereocenters. The van der Waals surface area contributed by atoms with Gasteiger partial charge in [0.1, 0.15) is 5.82 Å². The molecule has 6 heteroatoms. The predicted molar refractivity (Wildman–Crippen MR) is 85.9 cm³/mol. The summed E-state index contributed by atoms with van der Waals surface area (Å²) in [7, 11) is 1.70. The van der Waals surface area contributed by atoms with Crippen molar-refractivity contribution in [2.24, 2.45) is 4.99 Å². The number of halogens is 2. The second kappa shape index (κ2) is 7.22. The van der Waals surface area contributed by atoms with E-state index in [2.05, 4.69) is 38.5 Å². The Hall–Kier alpha value is -1.14. The summed E-state index contributed by atoms with van der Waals surface area (Å²) in [5, 5.41) is 6.35. The molecule has 1 aliphatic rings. The molecular weight excluding hydrogens is 337 g/mol. The van der Waals surface area contributed by atoms with Crippen molar-refractivity contribution in [3.05, 3.63) is 34.1 Å². The van der Waals surface area contributed by atoms with Crippen molar-refractivity contribution in [2.75, 3.05) is 20.2 Å². The fourth-order valence-corrected chi connectivity index (χ4v) is 2.73. The highest BCUT2D eigenvalue weighted by Gasteiger charge is 2.29. The normalized spacial score (nSPS) is 22.4. The van der Waals surface area contributed by atoms with Crippen LogP contribution in [0.25, 0.3) is 0 Å². The van der Waals surface area contributed by atoms with E-state index in [0.29, 0.717) is 24.6 Å². The van der Waals surface area contributed by atoms with Crippen LogP contribution in [0.5, 0.6) is 0 Å². The molecule has 1 aromatic carbocycles. The molecule has 0 aliphatic carbocycles. The molecule has 0 saturated carbocycles.